The number of hydrogen-bond acceptors (Lipinski definition) is 9. The number of urea groups is 1. The number of morpholine rings is 1. The number of nitrogens with zero attached hydrogens (tertiary/aromatic N) is 4. The van der Waals surface area contributed by atoms with Crippen molar-refractivity contribution < 1.29 is 23.9 Å². The number of aryl methyl sites for hydroxylation is 1. The van der Waals surface area contributed by atoms with E-state index in [4.69, 9.17) is 4.74 Å². The number of anilines is 1. The van der Waals surface area contributed by atoms with Crippen LogP contribution in [0.25, 0.3) is 11.3 Å². The number of carbonyl (C=O) groups is 4. The smallest absolute Gasteiger partial charge is 0.318 e. The first-order valence-corrected chi connectivity index (χ1v) is 16.1. The van der Waals surface area contributed by atoms with Crippen molar-refractivity contribution in [3.05, 3.63) is 51.3 Å². The summed E-state index contributed by atoms with van der Waals surface area (Å²) in [6.07, 6.45) is 3.22. The minimum absolute atomic E-state index is 0.0798. The lowest BCUT2D eigenvalue weighted by molar-refractivity contribution is -0.138. The van der Waals surface area contributed by atoms with Crippen LogP contribution in [-0.2, 0) is 14.3 Å². The molecule has 2 aliphatic heterocycles. The first-order valence-electron chi connectivity index (χ1n) is 14.4. The fourth-order valence-electron chi connectivity index (χ4n) is 5.13. The van der Waals surface area contributed by atoms with Crippen molar-refractivity contribution >= 4 is 51.6 Å². The summed E-state index contributed by atoms with van der Waals surface area (Å²) < 4.78 is 5.34. The Morgan fingerprint density at radius 1 is 0.977 bits per heavy atom. The zero-order valence-corrected chi connectivity index (χ0v) is 25.3. The molecule has 43 heavy (non-hydrogen) atoms. The van der Waals surface area contributed by atoms with Gasteiger partial charge in [-0.2, -0.15) is 0 Å². The molecule has 14 heteroatoms. The van der Waals surface area contributed by atoms with Crippen LogP contribution < -0.4 is 16.0 Å². The van der Waals surface area contributed by atoms with Gasteiger partial charge in [-0.3, -0.25) is 14.4 Å². The van der Waals surface area contributed by atoms with Gasteiger partial charge in [0.25, 0.3) is 11.8 Å². The van der Waals surface area contributed by atoms with E-state index in [-0.39, 0.29) is 23.8 Å². The second kappa shape index (κ2) is 12.8. The molecule has 1 aliphatic carbocycles. The molecule has 226 valence electrons. The Morgan fingerprint density at radius 2 is 1.74 bits per heavy atom. The summed E-state index contributed by atoms with van der Waals surface area (Å²) in [5.74, 6) is -0.768. The average Bonchev–Trinajstić information content (AvgIpc) is 3.37. The molecule has 0 spiro atoms. The van der Waals surface area contributed by atoms with Crippen molar-refractivity contribution in [3.63, 3.8) is 0 Å². The molecular formula is C29H33N7O5S2. The molecule has 6 rings (SSSR count). The molecule has 2 atom stereocenters. The first kappa shape index (κ1) is 29.2. The summed E-state index contributed by atoms with van der Waals surface area (Å²) in [7, 11) is 0. The number of hydrogen-bond donors (Lipinski definition) is 3. The van der Waals surface area contributed by atoms with E-state index in [1.54, 1.807) is 17.0 Å². The monoisotopic (exact) mass is 623 g/mol. The highest BCUT2D eigenvalue weighted by atomic mass is 32.1. The van der Waals surface area contributed by atoms with E-state index in [0.29, 0.717) is 73.1 Å². The van der Waals surface area contributed by atoms with Gasteiger partial charge < -0.3 is 30.5 Å². The van der Waals surface area contributed by atoms with Gasteiger partial charge in [-0.1, -0.05) is 12.1 Å². The fraction of sp³-hybridized carbons (Fsp3) is 0.448. The zero-order valence-electron chi connectivity index (χ0n) is 23.7. The van der Waals surface area contributed by atoms with Crippen molar-refractivity contribution in [1.29, 1.82) is 0 Å². The highest BCUT2D eigenvalue weighted by Crippen LogP contribution is 2.29. The lowest BCUT2D eigenvalue weighted by Crippen LogP contribution is -2.52. The standard InChI is InChI=1S/C29H33N7O5S2/c1-17-15-42-26(30-17)23(33-29(40)35-11-13-41-14-12-35)27(39)36-10-2-3-22(36)25(38)34-28-32-21(16-43-28)18-4-6-19(7-5-18)24(37)31-20-8-9-20/h4-7,15-16,20,22-23H,2-3,8-14H2,1H3,(H,31,37)(H,33,40)(H,32,34,38)/t22-,23+/m0/s1. The maximum absolute atomic E-state index is 13.9. The third-order valence-corrected chi connectivity index (χ3v) is 9.41. The molecule has 2 saturated heterocycles. The molecule has 3 aliphatic rings. The maximum Gasteiger partial charge on any atom is 0.318 e. The van der Waals surface area contributed by atoms with Crippen molar-refractivity contribution in [2.24, 2.45) is 0 Å². The summed E-state index contributed by atoms with van der Waals surface area (Å²) in [4.78, 5) is 64.8. The molecule has 3 fully saturated rings. The predicted molar refractivity (Wildman–Crippen MR) is 162 cm³/mol. The topological polar surface area (TPSA) is 146 Å². The Bertz CT molecular complexity index is 1500. The summed E-state index contributed by atoms with van der Waals surface area (Å²) in [5.41, 5.74) is 2.86. The Hall–Kier alpha value is -3.88. The molecule has 3 aromatic rings. The number of nitrogens with one attached hydrogen (secondary N) is 3. The van der Waals surface area contributed by atoms with E-state index >= 15 is 0 Å². The molecule has 0 unspecified atom stereocenters. The van der Waals surface area contributed by atoms with Crippen LogP contribution in [0, 0.1) is 6.92 Å². The number of amides is 5. The molecule has 1 saturated carbocycles. The van der Waals surface area contributed by atoms with E-state index in [1.807, 2.05) is 29.8 Å². The van der Waals surface area contributed by atoms with Crippen LogP contribution in [0.1, 0.15) is 52.8 Å². The molecule has 3 N–H and O–H groups in total. The average molecular weight is 624 g/mol. The van der Waals surface area contributed by atoms with Gasteiger partial charge >= 0.3 is 6.03 Å². The Morgan fingerprint density at radius 3 is 2.44 bits per heavy atom. The van der Waals surface area contributed by atoms with E-state index in [9.17, 15) is 19.2 Å². The van der Waals surface area contributed by atoms with Crippen LogP contribution in [0.15, 0.2) is 35.0 Å². The number of rotatable bonds is 8. The minimum Gasteiger partial charge on any atom is -0.378 e. The molecule has 5 amide bonds. The molecule has 0 radical (unpaired) electrons. The number of likely N-dealkylation sites (tertiary alicyclic amines) is 1. The molecular weight excluding hydrogens is 590 g/mol. The zero-order chi connectivity index (χ0) is 29.9. The second-order valence-electron chi connectivity index (χ2n) is 10.9. The highest BCUT2D eigenvalue weighted by molar-refractivity contribution is 7.14. The van der Waals surface area contributed by atoms with Crippen molar-refractivity contribution in [1.82, 2.24) is 30.4 Å². The normalized spacial score (nSPS) is 19.1. The summed E-state index contributed by atoms with van der Waals surface area (Å²) >= 11 is 2.60. The number of carbonyl (C=O) groups excluding carboxylic acids is 4. The van der Waals surface area contributed by atoms with Gasteiger partial charge in [0.2, 0.25) is 5.91 Å². The lowest BCUT2D eigenvalue weighted by atomic mass is 10.1. The maximum atomic E-state index is 13.9. The summed E-state index contributed by atoms with van der Waals surface area (Å²) in [6, 6.07) is 5.45. The quantitative estimate of drug-likeness (QED) is 0.349. The number of thiazole rings is 2. The molecule has 1 aromatic carbocycles. The van der Waals surface area contributed by atoms with Gasteiger partial charge in [0.05, 0.1) is 18.9 Å². The molecule has 4 heterocycles. The van der Waals surface area contributed by atoms with Gasteiger partial charge in [0, 0.05) is 53.3 Å². The van der Waals surface area contributed by atoms with Crippen molar-refractivity contribution in [2.75, 3.05) is 38.2 Å². The fourth-order valence-corrected chi connectivity index (χ4v) is 6.68. The molecule has 0 bridgehead atoms. The Kier molecular flexibility index (Phi) is 8.68. The van der Waals surface area contributed by atoms with E-state index in [1.165, 1.54) is 27.6 Å². The van der Waals surface area contributed by atoms with Crippen LogP contribution in [-0.4, -0.2) is 88.5 Å². The molecule has 2 aromatic heterocycles. The summed E-state index contributed by atoms with van der Waals surface area (Å²) in [5, 5.41) is 13.3. The van der Waals surface area contributed by atoms with E-state index in [2.05, 4.69) is 25.9 Å². The Labute approximate surface area is 256 Å². The van der Waals surface area contributed by atoms with Gasteiger partial charge in [-0.05, 0) is 44.7 Å². The summed E-state index contributed by atoms with van der Waals surface area (Å²) in [6.45, 7) is 3.99. The van der Waals surface area contributed by atoms with Crippen molar-refractivity contribution in [2.45, 2.75) is 50.7 Å². The van der Waals surface area contributed by atoms with Gasteiger partial charge in [-0.25, -0.2) is 14.8 Å². The lowest BCUT2D eigenvalue weighted by Gasteiger charge is -2.31. The number of benzene rings is 1. The first-order chi connectivity index (χ1) is 20.9. The predicted octanol–water partition coefficient (Wildman–Crippen LogP) is 3.18. The SMILES string of the molecule is Cc1csc([C@@H](NC(=O)N2CCOCC2)C(=O)N2CCC[C@H]2C(=O)Nc2nc(-c3ccc(C(=O)NC4CC4)cc3)cs2)n1. The second-order valence-corrected chi connectivity index (χ2v) is 12.6. The van der Waals surface area contributed by atoms with Crippen LogP contribution in [0.3, 0.4) is 0 Å². The van der Waals surface area contributed by atoms with Gasteiger partial charge in [-0.15, -0.1) is 22.7 Å². The third-order valence-electron chi connectivity index (χ3n) is 7.63. The van der Waals surface area contributed by atoms with E-state index in [0.717, 1.165) is 24.1 Å². The van der Waals surface area contributed by atoms with Gasteiger partial charge in [0.1, 0.15) is 11.0 Å². The number of ether oxygens (including phenoxy) is 1. The largest absolute Gasteiger partial charge is 0.378 e. The minimum atomic E-state index is -0.997. The molecule has 12 nitrogen and oxygen atoms in total. The Balaban J connectivity index is 1.12. The van der Waals surface area contributed by atoms with Gasteiger partial charge in [0.15, 0.2) is 11.2 Å². The van der Waals surface area contributed by atoms with Crippen LogP contribution in [0.5, 0.6) is 0 Å². The highest BCUT2D eigenvalue weighted by Gasteiger charge is 2.40. The van der Waals surface area contributed by atoms with E-state index < -0.39 is 12.1 Å². The third kappa shape index (κ3) is 6.86. The van der Waals surface area contributed by atoms with Crippen LogP contribution in [0.2, 0.25) is 0 Å². The van der Waals surface area contributed by atoms with Crippen LogP contribution >= 0.6 is 22.7 Å². The van der Waals surface area contributed by atoms with Crippen molar-refractivity contribution in [3.8, 4) is 11.3 Å². The number of aromatic nitrogens is 2. The van der Waals surface area contributed by atoms with Crippen LogP contribution in [0.4, 0.5) is 9.93 Å².